The van der Waals surface area contributed by atoms with E-state index in [1.54, 1.807) is 0 Å². The third-order valence-corrected chi connectivity index (χ3v) is 3.25. The highest BCUT2D eigenvalue weighted by atomic mass is 79.9. The van der Waals surface area contributed by atoms with Gasteiger partial charge in [0.15, 0.2) is 0 Å². The third kappa shape index (κ3) is 4.86. The highest BCUT2D eigenvalue weighted by Gasteiger charge is 2.02. The Hall–Kier alpha value is -1.04. The number of benzene rings is 2. The fraction of sp³-hybridized carbons (Fsp3) is 0. The predicted molar refractivity (Wildman–Crippen MR) is 79.3 cm³/mol. The minimum absolute atomic E-state index is 0.0423. The van der Waals surface area contributed by atoms with E-state index in [0.29, 0.717) is 15.8 Å². The average Bonchev–Trinajstić information content (AvgIpc) is 2.33. The molecule has 0 saturated heterocycles. The summed E-state index contributed by atoms with van der Waals surface area (Å²) < 4.78 is 25.4. The van der Waals surface area contributed by atoms with Gasteiger partial charge in [0.1, 0.15) is 11.6 Å². The van der Waals surface area contributed by atoms with Crippen molar-refractivity contribution in [1.82, 2.24) is 0 Å². The monoisotopic (exact) mass is 368 g/mol. The van der Waals surface area contributed by atoms with Crippen LogP contribution in [0.1, 0.15) is 0 Å². The normalized spacial score (nSPS) is 9.74. The van der Waals surface area contributed by atoms with Gasteiger partial charge in [-0.25, -0.2) is 8.78 Å². The maximum atomic E-state index is 12.5. The number of hydrogen-bond donors (Lipinski definition) is 2. The van der Waals surface area contributed by atoms with Crippen LogP contribution in [0.3, 0.4) is 0 Å². The third-order valence-electron chi connectivity index (χ3n) is 1.98. The van der Waals surface area contributed by atoms with E-state index in [2.05, 4.69) is 15.9 Å². The van der Waals surface area contributed by atoms with Gasteiger partial charge in [-0.3, -0.25) is 0 Å². The van der Waals surface area contributed by atoms with E-state index < -0.39 is 11.6 Å². The zero-order valence-corrected chi connectivity index (χ0v) is 12.5. The van der Waals surface area contributed by atoms with Crippen LogP contribution in [-0.2, 0) is 0 Å². The van der Waals surface area contributed by atoms with Gasteiger partial charge >= 0.3 is 0 Å². The van der Waals surface area contributed by atoms with Gasteiger partial charge in [0.05, 0.1) is 10.0 Å². The molecule has 0 amide bonds. The number of halogens is 5. The standard InChI is InChI=1S/C6H4BrClFN.C6H5ClFN/c7-3-1-5(9)4(8)2-6(3)10;7-5-3-4(9)1-2-6(5)8/h1-2H,10H2;1-3H,9H2. The molecular weight excluding hydrogens is 361 g/mol. The summed E-state index contributed by atoms with van der Waals surface area (Å²) >= 11 is 13.8. The van der Waals surface area contributed by atoms with Crippen LogP contribution in [0.5, 0.6) is 0 Å². The average molecular weight is 370 g/mol. The largest absolute Gasteiger partial charge is 0.399 e. The highest BCUT2D eigenvalue weighted by molar-refractivity contribution is 9.10. The summed E-state index contributed by atoms with van der Waals surface area (Å²) in [5.74, 6) is -0.909. The Morgan fingerprint density at radius 1 is 0.895 bits per heavy atom. The Bertz CT molecular complexity index is 544. The smallest absolute Gasteiger partial charge is 0.143 e. The molecule has 2 rings (SSSR count). The van der Waals surface area contributed by atoms with Gasteiger partial charge < -0.3 is 11.5 Å². The SMILES string of the molecule is Nc1cc(Cl)c(F)cc1Br.Nc1ccc(F)c(Cl)c1. The van der Waals surface area contributed by atoms with Crippen LogP contribution < -0.4 is 11.5 Å². The van der Waals surface area contributed by atoms with E-state index in [1.807, 2.05) is 0 Å². The number of nitrogens with two attached hydrogens (primary N) is 2. The van der Waals surface area contributed by atoms with Crippen molar-refractivity contribution in [2.75, 3.05) is 11.5 Å². The van der Waals surface area contributed by atoms with Crippen molar-refractivity contribution < 1.29 is 8.78 Å². The summed E-state index contributed by atoms with van der Waals surface area (Å²) in [4.78, 5) is 0. The Balaban J connectivity index is 0.000000191. The number of anilines is 2. The maximum absolute atomic E-state index is 12.5. The fourth-order valence-electron chi connectivity index (χ4n) is 1.05. The van der Waals surface area contributed by atoms with Crippen molar-refractivity contribution in [3.63, 3.8) is 0 Å². The van der Waals surface area contributed by atoms with Crippen molar-refractivity contribution in [2.24, 2.45) is 0 Å². The molecule has 0 heterocycles. The summed E-state index contributed by atoms with van der Waals surface area (Å²) in [6.45, 7) is 0. The zero-order valence-electron chi connectivity index (χ0n) is 9.43. The molecule has 0 aliphatic carbocycles. The summed E-state index contributed by atoms with van der Waals surface area (Å²) in [6, 6.07) is 6.66. The molecule has 0 atom stereocenters. The van der Waals surface area contributed by atoms with E-state index in [0.717, 1.165) is 0 Å². The molecule has 0 aliphatic heterocycles. The van der Waals surface area contributed by atoms with Gasteiger partial charge in [0.25, 0.3) is 0 Å². The molecule has 102 valence electrons. The zero-order chi connectivity index (χ0) is 14.6. The van der Waals surface area contributed by atoms with Gasteiger partial charge in [-0.1, -0.05) is 23.2 Å². The van der Waals surface area contributed by atoms with Gasteiger partial charge in [-0.05, 0) is 46.3 Å². The van der Waals surface area contributed by atoms with E-state index >= 15 is 0 Å². The number of rotatable bonds is 0. The first-order valence-corrected chi connectivity index (χ1v) is 6.46. The fourth-order valence-corrected chi connectivity index (χ4v) is 1.73. The molecule has 2 aromatic carbocycles. The number of hydrogen-bond acceptors (Lipinski definition) is 2. The van der Waals surface area contributed by atoms with Gasteiger partial charge in [0.2, 0.25) is 0 Å². The first-order chi connectivity index (χ1) is 8.81. The highest BCUT2D eigenvalue weighted by Crippen LogP contribution is 2.25. The molecule has 0 unspecified atom stereocenters. The van der Waals surface area contributed by atoms with Gasteiger partial charge in [0, 0.05) is 15.8 Å². The lowest BCUT2D eigenvalue weighted by molar-refractivity contribution is 0.627. The number of nitrogen functional groups attached to an aromatic ring is 2. The first-order valence-electron chi connectivity index (χ1n) is 4.91. The molecule has 0 aromatic heterocycles. The Morgan fingerprint density at radius 3 is 1.95 bits per heavy atom. The minimum Gasteiger partial charge on any atom is -0.399 e. The minimum atomic E-state index is -0.470. The van der Waals surface area contributed by atoms with Crippen LogP contribution >= 0.6 is 39.1 Å². The second-order valence-corrected chi connectivity index (χ2v) is 5.13. The van der Waals surface area contributed by atoms with E-state index in [4.69, 9.17) is 34.7 Å². The van der Waals surface area contributed by atoms with Crippen LogP contribution in [-0.4, -0.2) is 0 Å². The molecule has 0 saturated carbocycles. The summed E-state index contributed by atoms with van der Waals surface area (Å²) in [6.07, 6.45) is 0. The van der Waals surface area contributed by atoms with Crippen molar-refractivity contribution >= 4 is 50.5 Å². The molecule has 2 nitrogen and oxygen atoms in total. The Morgan fingerprint density at radius 2 is 1.47 bits per heavy atom. The maximum Gasteiger partial charge on any atom is 0.143 e. The molecule has 0 radical (unpaired) electrons. The first kappa shape index (κ1) is 16.0. The second kappa shape index (κ2) is 6.93. The van der Waals surface area contributed by atoms with Gasteiger partial charge in [-0.15, -0.1) is 0 Å². The summed E-state index contributed by atoms with van der Waals surface area (Å²) in [5.41, 5.74) is 11.6. The molecule has 0 fully saturated rings. The van der Waals surface area contributed by atoms with Crippen LogP contribution in [0.15, 0.2) is 34.8 Å². The summed E-state index contributed by atoms with van der Waals surface area (Å²) in [5, 5.41) is 0.107. The molecule has 0 bridgehead atoms. The summed E-state index contributed by atoms with van der Waals surface area (Å²) in [7, 11) is 0. The predicted octanol–water partition coefficient (Wildman–Crippen LogP) is 4.89. The van der Waals surface area contributed by atoms with Crippen LogP contribution in [0.25, 0.3) is 0 Å². The Labute approximate surface area is 127 Å². The molecule has 0 aliphatic rings. The molecule has 19 heavy (non-hydrogen) atoms. The van der Waals surface area contributed by atoms with E-state index in [1.165, 1.54) is 30.3 Å². The Kier molecular flexibility index (Phi) is 5.85. The quantitative estimate of drug-likeness (QED) is 0.513. The van der Waals surface area contributed by atoms with Crippen molar-refractivity contribution in [2.45, 2.75) is 0 Å². The topological polar surface area (TPSA) is 52.0 Å². The molecule has 2 aromatic rings. The molecular formula is C12H9BrCl2F2N2. The van der Waals surface area contributed by atoms with Crippen molar-refractivity contribution in [3.05, 3.63) is 56.5 Å². The van der Waals surface area contributed by atoms with Crippen molar-refractivity contribution in [1.29, 1.82) is 0 Å². The van der Waals surface area contributed by atoms with E-state index in [-0.39, 0.29) is 10.0 Å². The van der Waals surface area contributed by atoms with Crippen LogP contribution in [0.4, 0.5) is 20.2 Å². The van der Waals surface area contributed by atoms with E-state index in [9.17, 15) is 8.78 Å². The molecule has 4 N–H and O–H groups in total. The van der Waals surface area contributed by atoms with Crippen molar-refractivity contribution in [3.8, 4) is 0 Å². The van der Waals surface area contributed by atoms with Crippen LogP contribution in [0.2, 0.25) is 10.0 Å². The second-order valence-electron chi connectivity index (χ2n) is 3.46. The van der Waals surface area contributed by atoms with Gasteiger partial charge in [-0.2, -0.15) is 0 Å². The lowest BCUT2D eigenvalue weighted by atomic mass is 10.3. The molecule has 7 heteroatoms. The lowest BCUT2D eigenvalue weighted by Gasteiger charge is -1.98. The van der Waals surface area contributed by atoms with Crippen LogP contribution in [0, 0.1) is 11.6 Å². The molecule has 0 spiro atoms. The lowest BCUT2D eigenvalue weighted by Crippen LogP contribution is -1.87.